The SMILES string of the molecule is CC(=O)N(c1nc(Cn2cnc3ccc(Br)cc3c2=O)cs1)c1ccccc1F. The highest BCUT2D eigenvalue weighted by Gasteiger charge is 2.21. The van der Waals surface area contributed by atoms with Gasteiger partial charge in [-0.1, -0.05) is 28.1 Å². The number of nitrogens with zero attached hydrogens (tertiary/aromatic N) is 4. The van der Waals surface area contributed by atoms with Crippen LogP contribution in [0.4, 0.5) is 15.2 Å². The minimum Gasteiger partial charge on any atom is -0.293 e. The molecule has 0 saturated heterocycles. The lowest BCUT2D eigenvalue weighted by Crippen LogP contribution is -2.24. The van der Waals surface area contributed by atoms with Crippen molar-refractivity contribution in [3.63, 3.8) is 0 Å². The number of carbonyl (C=O) groups excluding carboxylic acids is 1. The van der Waals surface area contributed by atoms with E-state index in [0.717, 1.165) is 4.47 Å². The van der Waals surface area contributed by atoms with E-state index in [0.29, 0.717) is 21.7 Å². The summed E-state index contributed by atoms with van der Waals surface area (Å²) in [6, 6.07) is 11.3. The number of hydrogen-bond donors (Lipinski definition) is 0. The minimum absolute atomic E-state index is 0.135. The lowest BCUT2D eigenvalue weighted by Gasteiger charge is -2.18. The Balaban J connectivity index is 1.68. The number of thiazole rings is 1. The number of halogens is 2. The molecular weight excluding hydrogens is 459 g/mol. The molecule has 0 radical (unpaired) electrons. The van der Waals surface area contributed by atoms with Crippen molar-refractivity contribution in [1.82, 2.24) is 14.5 Å². The second-order valence-electron chi connectivity index (χ2n) is 6.27. The molecule has 0 fully saturated rings. The van der Waals surface area contributed by atoms with E-state index in [4.69, 9.17) is 0 Å². The molecule has 0 aliphatic rings. The first-order chi connectivity index (χ1) is 13.9. The Morgan fingerprint density at radius 1 is 1.28 bits per heavy atom. The molecule has 146 valence electrons. The van der Waals surface area contributed by atoms with E-state index >= 15 is 0 Å². The molecule has 0 saturated carbocycles. The van der Waals surface area contributed by atoms with Gasteiger partial charge >= 0.3 is 0 Å². The third-order valence-electron chi connectivity index (χ3n) is 4.26. The number of carbonyl (C=O) groups is 1. The topological polar surface area (TPSA) is 68.1 Å². The fourth-order valence-corrected chi connectivity index (χ4v) is 4.16. The van der Waals surface area contributed by atoms with Crippen LogP contribution in [0.15, 0.2) is 63.4 Å². The van der Waals surface area contributed by atoms with Gasteiger partial charge in [0, 0.05) is 16.8 Å². The monoisotopic (exact) mass is 472 g/mol. The number of benzene rings is 2. The summed E-state index contributed by atoms with van der Waals surface area (Å²) in [6.45, 7) is 1.54. The first-order valence-corrected chi connectivity index (χ1v) is 10.3. The molecule has 9 heteroatoms. The fraction of sp³-hybridized carbons (Fsp3) is 0.100. The third kappa shape index (κ3) is 3.83. The molecule has 0 atom stereocenters. The van der Waals surface area contributed by atoms with Crippen molar-refractivity contribution in [2.75, 3.05) is 4.90 Å². The molecule has 2 heterocycles. The average molecular weight is 473 g/mol. The Bertz CT molecular complexity index is 1290. The summed E-state index contributed by atoms with van der Waals surface area (Å²) in [7, 11) is 0. The van der Waals surface area contributed by atoms with Gasteiger partial charge in [-0.05, 0) is 30.3 Å². The number of rotatable bonds is 4. The second kappa shape index (κ2) is 7.84. The van der Waals surface area contributed by atoms with Crippen molar-refractivity contribution < 1.29 is 9.18 Å². The Morgan fingerprint density at radius 2 is 2.07 bits per heavy atom. The number of amides is 1. The molecule has 2 aromatic carbocycles. The summed E-state index contributed by atoms with van der Waals surface area (Å²) in [5, 5.41) is 2.57. The van der Waals surface area contributed by atoms with Gasteiger partial charge in [0.15, 0.2) is 5.13 Å². The van der Waals surface area contributed by atoms with Crippen LogP contribution in [0, 0.1) is 5.82 Å². The first-order valence-electron chi connectivity index (χ1n) is 8.58. The van der Waals surface area contributed by atoms with Gasteiger partial charge in [0.25, 0.3) is 5.56 Å². The second-order valence-corrected chi connectivity index (χ2v) is 8.02. The summed E-state index contributed by atoms with van der Waals surface area (Å²) in [5.41, 5.74) is 1.13. The molecule has 0 bridgehead atoms. The van der Waals surface area contributed by atoms with Crippen molar-refractivity contribution >= 4 is 54.9 Å². The van der Waals surface area contributed by atoms with Crippen LogP contribution in [0.3, 0.4) is 0 Å². The van der Waals surface area contributed by atoms with Crippen LogP contribution in [-0.4, -0.2) is 20.4 Å². The molecular formula is C20H14BrFN4O2S. The zero-order valence-electron chi connectivity index (χ0n) is 15.2. The zero-order valence-corrected chi connectivity index (χ0v) is 17.6. The molecule has 0 spiro atoms. The van der Waals surface area contributed by atoms with Gasteiger partial charge in [0.2, 0.25) is 5.91 Å². The lowest BCUT2D eigenvalue weighted by atomic mass is 10.2. The molecule has 0 aliphatic heterocycles. The van der Waals surface area contributed by atoms with E-state index in [-0.39, 0.29) is 23.7 Å². The summed E-state index contributed by atoms with van der Waals surface area (Å²) >= 11 is 4.57. The van der Waals surface area contributed by atoms with Crippen LogP contribution in [-0.2, 0) is 11.3 Å². The number of aromatic nitrogens is 3. The maximum Gasteiger partial charge on any atom is 0.261 e. The molecule has 2 aromatic heterocycles. The van der Waals surface area contributed by atoms with Gasteiger partial charge < -0.3 is 0 Å². The maximum absolute atomic E-state index is 14.2. The number of fused-ring (bicyclic) bond motifs is 1. The molecule has 4 aromatic rings. The molecule has 0 aliphatic carbocycles. The quantitative estimate of drug-likeness (QED) is 0.438. The van der Waals surface area contributed by atoms with Gasteiger partial charge in [-0.15, -0.1) is 11.3 Å². The molecule has 0 N–H and O–H groups in total. The fourth-order valence-electron chi connectivity index (χ4n) is 2.93. The van der Waals surface area contributed by atoms with Crippen molar-refractivity contribution in [3.8, 4) is 0 Å². The van der Waals surface area contributed by atoms with Gasteiger partial charge in [-0.25, -0.2) is 14.4 Å². The van der Waals surface area contributed by atoms with Crippen LogP contribution >= 0.6 is 27.3 Å². The largest absolute Gasteiger partial charge is 0.293 e. The van der Waals surface area contributed by atoms with E-state index in [1.807, 2.05) is 6.07 Å². The highest BCUT2D eigenvalue weighted by atomic mass is 79.9. The number of para-hydroxylation sites is 1. The predicted molar refractivity (Wildman–Crippen MR) is 114 cm³/mol. The van der Waals surface area contributed by atoms with Gasteiger partial charge in [0.05, 0.1) is 35.2 Å². The lowest BCUT2D eigenvalue weighted by molar-refractivity contribution is -0.115. The predicted octanol–water partition coefficient (Wildman–Crippen LogP) is 4.49. The Labute approximate surface area is 177 Å². The van der Waals surface area contributed by atoms with Crippen LogP contribution in [0.5, 0.6) is 0 Å². The Morgan fingerprint density at radius 3 is 2.83 bits per heavy atom. The molecule has 0 unspecified atom stereocenters. The zero-order chi connectivity index (χ0) is 20.5. The molecule has 1 amide bonds. The summed E-state index contributed by atoms with van der Waals surface area (Å²) < 4.78 is 16.4. The van der Waals surface area contributed by atoms with Crippen molar-refractivity contribution in [3.05, 3.63) is 80.5 Å². The summed E-state index contributed by atoms with van der Waals surface area (Å²) in [4.78, 5) is 34.9. The van der Waals surface area contributed by atoms with Crippen molar-refractivity contribution in [2.24, 2.45) is 0 Å². The molecule has 6 nitrogen and oxygen atoms in total. The maximum atomic E-state index is 14.2. The number of anilines is 2. The van der Waals surface area contributed by atoms with Crippen LogP contribution in [0.2, 0.25) is 0 Å². The first kappa shape index (κ1) is 19.4. The summed E-state index contributed by atoms with van der Waals surface area (Å²) in [5.74, 6) is -0.870. The van der Waals surface area contributed by atoms with Crippen LogP contribution in [0.25, 0.3) is 10.9 Å². The van der Waals surface area contributed by atoms with Crippen molar-refractivity contribution in [1.29, 1.82) is 0 Å². The van der Waals surface area contributed by atoms with Gasteiger partial charge in [-0.3, -0.25) is 19.1 Å². The van der Waals surface area contributed by atoms with E-state index in [1.165, 1.54) is 46.2 Å². The standard InChI is InChI=1S/C20H14BrFN4O2S/c1-12(27)26(18-5-3-2-4-16(18)22)20-24-14(10-29-20)9-25-11-23-17-7-6-13(21)8-15(17)19(25)28/h2-8,10-11H,9H2,1H3. The number of hydrogen-bond acceptors (Lipinski definition) is 5. The normalized spacial score (nSPS) is 11.0. The highest BCUT2D eigenvalue weighted by molar-refractivity contribution is 9.10. The van der Waals surface area contributed by atoms with Crippen molar-refractivity contribution in [2.45, 2.75) is 13.5 Å². The van der Waals surface area contributed by atoms with E-state index in [9.17, 15) is 14.0 Å². The third-order valence-corrected chi connectivity index (χ3v) is 5.63. The minimum atomic E-state index is -0.514. The van der Waals surface area contributed by atoms with E-state index < -0.39 is 5.82 Å². The molecule has 29 heavy (non-hydrogen) atoms. The van der Waals surface area contributed by atoms with E-state index in [1.54, 1.807) is 29.6 Å². The summed E-state index contributed by atoms with van der Waals surface area (Å²) in [6.07, 6.45) is 1.47. The van der Waals surface area contributed by atoms with Crippen LogP contribution in [0.1, 0.15) is 12.6 Å². The molecule has 4 rings (SSSR count). The van der Waals surface area contributed by atoms with Gasteiger partial charge in [0.1, 0.15) is 5.82 Å². The Hall–Kier alpha value is -2.91. The smallest absolute Gasteiger partial charge is 0.261 e. The highest BCUT2D eigenvalue weighted by Crippen LogP contribution is 2.30. The van der Waals surface area contributed by atoms with Gasteiger partial charge in [-0.2, -0.15) is 0 Å². The van der Waals surface area contributed by atoms with Crippen LogP contribution < -0.4 is 10.5 Å². The average Bonchev–Trinajstić information content (AvgIpc) is 3.14. The van der Waals surface area contributed by atoms with E-state index in [2.05, 4.69) is 25.9 Å². The Kier molecular flexibility index (Phi) is 5.25.